The molecule has 0 bridgehead atoms. The number of hydrogen-bond donors (Lipinski definition) is 1. The van der Waals surface area contributed by atoms with Gasteiger partial charge in [0.25, 0.3) is 0 Å². The van der Waals surface area contributed by atoms with Crippen LogP contribution in [-0.4, -0.2) is 22.4 Å². The number of Topliss-reactive ketones (excluding diaryl/α,β-unsaturated/α-hetero) is 1. The largest absolute Gasteiger partial charge is 0.384 e. The van der Waals surface area contributed by atoms with Crippen LogP contribution in [0.5, 0.6) is 0 Å². The molecule has 1 aliphatic rings. The molecule has 1 saturated heterocycles. The molecule has 1 atom stereocenters. The highest BCUT2D eigenvalue weighted by molar-refractivity contribution is 7.99. The van der Waals surface area contributed by atoms with Crippen molar-refractivity contribution in [2.24, 2.45) is 0 Å². The summed E-state index contributed by atoms with van der Waals surface area (Å²) in [4.78, 5) is 11.5. The normalized spacial score (nSPS) is 25.4. The zero-order valence-corrected chi connectivity index (χ0v) is 10.2. The average Bonchev–Trinajstić information content (AvgIpc) is 2.30. The molecule has 1 aliphatic heterocycles. The number of hydrogen-bond acceptors (Lipinski definition) is 3. The van der Waals surface area contributed by atoms with Crippen molar-refractivity contribution in [3.63, 3.8) is 0 Å². The maximum Gasteiger partial charge on any atom is 0.160 e. The second kappa shape index (κ2) is 4.60. The third kappa shape index (κ3) is 2.15. The molecule has 0 amide bonds. The van der Waals surface area contributed by atoms with Crippen molar-refractivity contribution >= 4 is 17.5 Å². The van der Waals surface area contributed by atoms with E-state index in [2.05, 4.69) is 0 Å². The van der Waals surface area contributed by atoms with Gasteiger partial charge in [0.1, 0.15) is 0 Å². The van der Waals surface area contributed by atoms with Crippen LogP contribution in [0.4, 0.5) is 0 Å². The smallest absolute Gasteiger partial charge is 0.160 e. The SMILES string of the molecule is CC(=O)c1ccccc1C1(O)CCCSC1. The molecule has 3 heteroatoms. The van der Waals surface area contributed by atoms with Crippen molar-refractivity contribution < 1.29 is 9.90 Å². The third-order valence-electron chi connectivity index (χ3n) is 3.03. The fourth-order valence-electron chi connectivity index (χ4n) is 2.19. The maximum absolute atomic E-state index is 11.5. The fraction of sp³-hybridized carbons (Fsp3) is 0.462. The Hall–Kier alpha value is -0.800. The Labute approximate surface area is 100 Å². The van der Waals surface area contributed by atoms with E-state index in [0.717, 1.165) is 24.2 Å². The fourth-order valence-corrected chi connectivity index (χ4v) is 3.32. The summed E-state index contributed by atoms with van der Waals surface area (Å²) in [7, 11) is 0. The lowest BCUT2D eigenvalue weighted by Gasteiger charge is -2.33. The number of rotatable bonds is 2. The molecule has 86 valence electrons. The Morgan fingerprint density at radius 2 is 2.19 bits per heavy atom. The standard InChI is InChI=1S/C13H16O2S/c1-10(14)11-5-2-3-6-12(11)13(15)7-4-8-16-9-13/h2-3,5-6,15H,4,7-9H2,1H3. The van der Waals surface area contributed by atoms with Crippen LogP contribution in [-0.2, 0) is 5.60 Å². The predicted octanol–water partition coefficient (Wildman–Crippen LogP) is 2.60. The number of thioether (sulfide) groups is 1. The highest BCUT2D eigenvalue weighted by Gasteiger charge is 2.33. The minimum Gasteiger partial charge on any atom is -0.384 e. The van der Waals surface area contributed by atoms with Crippen molar-refractivity contribution in [2.45, 2.75) is 25.4 Å². The van der Waals surface area contributed by atoms with Gasteiger partial charge in [-0.05, 0) is 31.1 Å². The van der Waals surface area contributed by atoms with Gasteiger partial charge in [-0.2, -0.15) is 11.8 Å². The molecule has 1 aromatic rings. The van der Waals surface area contributed by atoms with E-state index >= 15 is 0 Å². The lowest BCUT2D eigenvalue weighted by Crippen LogP contribution is -2.33. The van der Waals surface area contributed by atoms with Crippen LogP contribution >= 0.6 is 11.8 Å². The first-order valence-corrected chi connectivity index (χ1v) is 6.69. The molecule has 0 spiro atoms. The first kappa shape index (κ1) is 11.7. The number of carbonyl (C=O) groups is 1. The molecule has 1 aromatic carbocycles. The Morgan fingerprint density at radius 3 is 2.81 bits per heavy atom. The summed E-state index contributed by atoms with van der Waals surface area (Å²) in [5.41, 5.74) is 0.646. The van der Waals surface area contributed by atoms with E-state index in [1.165, 1.54) is 0 Å². The van der Waals surface area contributed by atoms with Gasteiger partial charge in [0.05, 0.1) is 5.60 Å². The van der Waals surface area contributed by atoms with Crippen molar-refractivity contribution in [3.05, 3.63) is 35.4 Å². The average molecular weight is 236 g/mol. The number of carbonyl (C=O) groups excluding carboxylic acids is 1. The molecular weight excluding hydrogens is 220 g/mol. The van der Waals surface area contributed by atoms with Gasteiger partial charge in [-0.25, -0.2) is 0 Å². The maximum atomic E-state index is 11.5. The minimum atomic E-state index is -0.814. The molecule has 1 unspecified atom stereocenters. The lowest BCUT2D eigenvalue weighted by molar-refractivity contribution is 0.0482. The Kier molecular flexibility index (Phi) is 3.36. The minimum absolute atomic E-state index is 0.0274. The quantitative estimate of drug-likeness (QED) is 0.802. The second-order valence-electron chi connectivity index (χ2n) is 4.29. The lowest BCUT2D eigenvalue weighted by atomic mass is 9.86. The summed E-state index contributed by atoms with van der Waals surface area (Å²) in [5.74, 6) is 1.82. The highest BCUT2D eigenvalue weighted by atomic mass is 32.2. The van der Waals surface area contributed by atoms with Gasteiger partial charge < -0.3 is 5.11 Å². The topological polar surface area (TPSA) is 37.3 Å². The first-order valence-electron chi connectivity index (χ1n) is 5.54. The molecule has 16 heavy (non-hydrogen) atoms. The number of aliphatic hydroxyl groups is 1. The molecule has 0 radical (unpaired) electrons. The van der Waals surface area contributed by atoms with Gasteiger partial charge in [0.2, 0.25) is 0 Å². The summed E-state index contributed by atoms with van der Waals surface area (Å²) >= 11 is 1.76. The second-order valence-corrected chi connectivity index (χ2v) is 5.39. The molecule has 0 aromatic heterocycles. The van der Waals surface area contributed by atoms with E-state index in [0.29, 0.717) is 11.3 Å². The van der Waals surface area contributed by atoms with Gasteiger partial charge in [-0.15, -0.1) is 0 Å². The number of benzene rings is 1. The van der Waals surface area contributed by atoms with Crippen LogP contribution in [0.15, 0.2) is 24.3 Å². The monoisotopic (exact) mass is 236 g/mol. The summed E-state index contributed by atoms with van der Waals surface area (Å²) in [5, 5.41) is 10.6. The Balaban J connectivity index is 2.42. The van der Waals surface area contributed by atoms with Gasteiger partial charge in [0.15, 0.2) is 5.78 Å². The Morgan fingerprint density at radius 1 is 1.44 bits per heavy atom. The van der Waals surface area contributed by atoms with Crippen LogP contribution in [0.2, 0.25) is 0 Å². The highest BCUT2D eigenvalue weighted by Crippen LogP contribution is 2.36. The van der Waals surface area contributed by atoms with E-state index < -0.39 is 5.60 Å². The zero-order valence-electron chi connectivity index (χ0n) is 9.40. The molecule has 1 fully saturated rings. The van der Waals surface area contributed by atoms with E-state index in [9.17, 15) is 9.90 Å². The molecule has 0 saturated carbocycles. The van der Waals surface area contributed by atoms with Crippen molar-refractivity contribution in [1.29, 1.82) is 0 Å². The third-order valence-corrected chi connectivity index (χ3v) is 4.29. The van der Waals surface area contributed by atoms with Crippen LogP contribution < -0.4 is 0 Å². The van der Waals surface area contributed by atoms with E-state index in [1.54, 1.807) is 24.8 Å². The van der Waals surface area contributed by atoms with Crippen LogP contribution in [0.3, 0.4) is 0 Å². The van der Waals surface area contributed by atoms with Crippen molar-refractivity contribution in [3.8, 4) is 0 Å². The molecular formula is C13H16O2S. The summed E-state index contributed by atoms with van der Waals surface area (Å²) in [6, 6.07) is 7.41. The van der Waals surface area contributed by atoms with Gasteiger partial charge in [-0.1, -0.05) is 24.3 Å². The summed E-state index contributed by atoms with van der Waals surface area (Å²) in [6.07, 6.45) is 1.76. The first-order chi connectivity index (χ1) is 7.63. The van der Waals surface area contributed by atoms with Crippen LogP contribution in [0.25, 0.3) is 0 Å². The van der Waals surface area contributed by atoms with Crippen molar-refractivity contribution in [2.75, 3.05) is 11.5 Å². The predicted molar refractivity (Wildman–Crippen MR) is 66.9 cm³/mol. The van der Waals surface area contributed by atoms with Gasteiger partial charge in [0, 0.05) is 11.3 Å². The molecule has 1 N–H and O–H groups in total. The van der Waals surface area contributed by atoms with E-state index in [4.69, 9.17) is 0 Å². The van der Waals surface area contributed by atoms with Gasteiger partial charge in [-0.3, -0.25) is 4.79 Å². The zero-order chi connectivity index (χ0) is 11.6. The summed E-state index contributed by atoms with van der Waals surface area (Å²) < 4.78 is 0. The molecule has 2 rings (SSSR count). The van der Waals surface area contributed by atoms with Crippen molar-refractivity contribution in [1.82, 2.24) is 0 Å². The van der Waals surface area contributed by atoms with Crippen LogP contribution in [0, 0.1) is 0 Å². The number of ketones is 1. The van der Waals surface area contributed by atoms with E-state index in [-0.39, 0.29) is 5.78 Å². The van der Waals surface area contributed by atoms with Gasteiger partial charge >= 0.3 is 0 Å². The molecule has 2 nitrogen and oxygen atoms in total. The summed E-state index contributed by atoms with van der Waals surface area (Å²) in [6.45, 7) is 1.55. The van der Waals surface area contributed by atoms with Crippen LogP contribution in [0.1, 0.15) is 35.7 Å². The Bertz CT molecular complexity index is 395. The molecule has 1 heterocycles. The van der Waals surface area contributed by atoms with E-state index in [1.807, 2.05) is 18.2 Å². The molecule has 0 aliphatic carbocycles.